The molecule has 0 atom stereocenters. The first kappa shape index (κ1) is 16.1. The molecule has 3 aromatic heterocycles. The van der Waals surface area contributed by atoms with Crippen LogP contribution in [0.15, 0.2) is 103 Å². The predicted molar refractivity (Wildman–Crippen MR) is 118 cm³/mol. The second-order valence-electron chi connectivity index (χ2n) is 7.35. The lowest BCUT2D eigenvalue weighted by atomic mass is 10.0. The molecule has 138 valence electrons. The first-order valence-corrected chi connectivity index (χ1v) is 9.88. The summed E-state index contributed by atoms with van der Waals surface area (Å²) in [4.78, 5) is 4.99. The van der Waals surface area contributed by atoms with Crippen molar-refractivity contribution < 1.29 is 0 Å². The molecule has 0 radical (unpaired) electrons. The maximum absolute atomic E-state index is 4.99. The number of rotatable bonds is 3. The fourth-order valence-corrected chi connectivity index (χ4v) is 4.32. The van der Waals surface area contributed by atoms with Crippen molar-refractivity contribution in [2.45, 2.75) is 6.42 Å². The van der Waals surface area contributed by atoms with Crippen LogP contribution in [0.5, 0.6) is 0 Å². The van der Waals surface area contributed by atoms with Crippen LogP contribution in [-0.4, -0.2) is 13.8 Å². The van der Waals surface area contributed by atoms with Crippen LogP contribution in [0.1, 0.15) is 11.3 Å². The Morgan fingerprint density at radius 1 is 0.655 bits per heavy atom. The van der Waals surface area contributed by atoms with Crippen LogP contribution < -0.4 is 0 Å². The lowest BCUT2D eigenvalue weighted by Gasteiger charge is -2.17. The van der Waals surface area contributed by atoms with Crippen LogP contribution in [-0.2, 0) is 6.42 Å². The van der Waals surface area contributed by atoms with E-state index in [1.165, 1.54) is 22.5 Å². The molecule has 0 N–H and O–H groups in total. The average molecular weight is 373 g/mol. The van der Waals surface area contributed by atoms with Crippen molar-refractivity contribution in [2.24, 2.45) is 0 Å². The molecule has 0 fully saturated rings. The molecular formula is C26H19N3. The van der Waals surface area contributed by atoms with Gasteiger partial charge in [-0.25, -0.2) is 4.98 Å². The van der Waals surface area contributed by atoms with Crippen LogP contribution in [0.3, 0.4) is 0 Å². The largest absolute Gasteiger partial charge is 0.315 e. The van der Waals surface area contributed by atoms with Gasteiger partial charge in [0.1, 0.15) is 0 Å². The molecule has 6 rings (SSSR count). The summed E-state index contributed by atoms with van der Waals surface area (Å²) in [6.45, 7) is 0. The van der Waals surface area contributed by atoms with Crippen molar-refractivity contribution in [3.8, 4) is 11.3 Å². The zero-order valence-corrected chi connectivity index (χ0v) is 15.9. The minimum Gasteiger partial charge on any atom is -0.315 e. The Morgan fingerprint density at radius 2 is 1.34 bits per heavy atom. The predicted octanol–water partition coefficient (Wildman–Crippen LogP) is 6.00. The Kier molecular flexibility index (Phi) is 3.53. The summed E-state index contributed by atoms with van der Waals surface area (Å²) >= 11 is 0. The summed E-state index contributed by atoms with van der Waals surface area (Å²) in [5, 5.41) is 0. The van der Waals surface area contributed by atoms with Gasteiger partial charge >= 0.3 is 0 Å². The topological polar surface area (TPSA) is 21.7 Å². The van der Waals surface area contributed by atoms with Gasteiger partial charge in [-0.2, -0.15) is 0 Å². The maximum atomic E-state index is 4.99. The van der Waals surface area contributed by atoms with Gasteiger partial charge in [-0.1, -0.05) is 72.8 Å². The van der Waals surface area contributed by atoms with Crippen molar-refractivity contribution in [3.05, 3.63) is 115 Å². The van der Waals surface area contributed by atoms with Gasteiger partial charge < -0.3 is 4.40 Å². The summed E-state index contributed by atoms with van der Waals surface area (Å²) < 4.78 is 4.63. The second-order valence-corrected chi connectivity index (χ2v) is 7.35. The minimum absolute atomic E-state index is 0.846. The van der Waals surface area contributed by atoms with Crippen LogP contribution in [0.4, 0.5) is 0 Å². The lowest BCUT2D eigenvalue weighted by molar-refractivity contribution is 0.981. The molecule has 0 aliphatic heterocycles. The molecule has 0 unspecified atom stereocenters. The van der Waals surface area contributed by atoms with Crippen molar-refractivity contribution >= 4 is 22.2 Å². The highest BCUT2D eigenvalue weighted by Crippen LogP contribution is 2.33. The van der Waals surface area contributed by atoms with Crippen LogP contribution in [0.25, 0.3) is 33.5 Å². The summed E-state index contributed by atoms with van der Waals surface area (Å²) in [5.41, 5.74) is 9.23. The molecule has 3 aromatic carbocycles. The van der Waals surface area contributed by atoms with E-state index in [1.54, 1.807) is 0 Å². The molecule has 0 saturated heterocycles. The van der Waals surface area contributed by atoms with Gasteiger partial charge in [0.05, 0.1) is 27.9 Å². The third-order valence-corrected chi connectivity index (χ3v) is 5.59. The number of nitrogens with zero attached hydrogens (tertiary/aromatic N) is 3. The summed E-state index contributed by atoms with van der Waals surface area (Å²) in [5.74, 6) is 0. The number of imidazole rings is 1. The third kappa shape index (κ3) is 2.48. The molecule has 3 nitrogen and oxygen atoms in total. The van der Waals surface area contributed by atoms with E-state index in [1.807, 2.05) is 0 Å². The van der Waals surface area contributed by atoms with E-state index in [-0.39, 0.29) is 0 Å². The van der Waals surface area contributed by atoms with E-state index in [9.17, 15) is 0 Å². The first-order valence-electron chi connectivity index (χ1n) is 9.88. The van der Waals surface area contributed by atoms with E-state index >= 15 is 0 Å². The quantitative estimate of drug-likeness (QED) is 0.373. The van der Waals surface area contributed by atoms with Crippen LogP contribution in [0, 0.1) is 0 Å². The molecule has 0 aliphatic rings. The monoisotopic (exact) mass is 373 g/mol. The first-order chi connectivity index (χ1) is 14.4. The number of aromatic nitrogens is 3. The molecule has 0 aliphatic carbocycles. The number of fused-ring (bicyclic) bond motifs is 5. The van der Waals surface area contributed by atoms with Gasteiger partial charge in [0, 0.05) is 18.2 Å². The Labute approximate surface area is 168 Å². The standard InChI is InChI=1S/C26H19N3/c1-3-10-19(11-4-1)18-24-25(20-12-5-2-6-13-20)29-22-15-8-7-14-21(22)27-26(29)23-16-9-17-28(23)24/h1-17H,18H2. The van der Waals surface area contributed by atoms with E-state index in [0.717, 1.165) is 28.6 Å². The van der Waals surface area contributed by atoms with Gasteiger partial charge in [0.2, 0.25) is 0 Å². The van der Waals surface area contributed by atoms with Crippen LogP contribution in [0.2, 0.25) is 0 Å². The smallest absolute Gasteiger partial charge is 0.162 e. The minimum atomic E-state index is 0.846. The molecule has 6 aromatic rings. The van der Waals surface area contributed by atoms with Gasteiger partial charge in [-0.15, -0.1) is 0 Å². The van der Waals surface area contributed by atoms with Crippen molar-refractivity contribution in [2.75, 3.05) is 0 Å². The van der Waals surface area contributed by atoms with Gasteiger partial charge in [-0.05, 0) is 29.8 Å². The fourth-order valence-electron chi connectivity index (χ4n) is 4.32. The average Bonchev–Trinajstić information content (AvgIpc) is 3.40. The number of hydrogen-bond acceptors (Lipinski definition) is 1. The molecule has 3 heterocycles. The zero-order chi connectivity index (χ0) is 19.2. The highest BCUT2D eigenvalue weighted by molar-refractivity contribution is 5.90. The third-order valence-electron chi connectivity index (χ3n) is 5.59. The van der Waals surface area contributed by atoms with E-state index in [0.29, 0.717) is 0 Å². The highest BCUT2D eigenvalue weighted by Gasteiger charge is 2.19. The van der Waals surface area contributed by atoms with E-state index in [4.69, 9.17) is 4.98 Å². The zero-order valence-electron chi connectivity index (χ0n) is 15.9. The van der Waals surface area contributed by atoms with Crippen molar-refractivity contribution in [1.82, 2.24) is 13.8 Å². The van der Waals surface area contributed by atoms with E-state index in [2.05, 4.69) is 112 Å². The lowest BCUT2D eigenvalue weighted by Crippen LogP contribution is -2.07. The molecule has 0 spiro atoms. The number of benzene rings is 3. The summed E-state index contributed by atoms with van der Waals surface area (Å²) in [6, 6.07) is 34.0. The highest BCUT2D eigenvalue weighted by atomic mass is 15.1. The fraction of sp³-hybridized carbons (Fsp3) is 0.0385. The molecule has 0 amide bonds. The molecule has 0 saturated carbocycles. The Morgan fingerprint density at radius 3 is 2.17 bits per heavy atom. The molecule has 3 heteroatoms. The molecular weight excluding hydrogens is 354 g/mol. The maximum Gasteiger partial charge on any atom is 0.162 e. The van der Waals surface area contributed by atoms with Gasteiger partial charge in [0.15, 0.2) is 5.65 Å². The Bertz CT molecular complexity index is 1460. The summed E-state index contributed by atoms with van der Waals surface area (Å²) in [7, 11) is 0. The van der Waals surface area contributed by atoms with Crippen molar-refractivity contribution in [3.63, 3.8) is 0 Å². The van der Waals surface area contributed by atoms with Crippen LogP contribution >= 0.6 is 0 Å². The Balaban J connectivity index is 1.81. The second kappa shape index (κ2) is 6.35. The number of hydrogen-bond donors (Lipinski definition) is 0. The molecule has 0 bridgehead atoms. The van der Waals surface area contributed by atoms with Crippen molar-refractivity contribution in [1.29, 1.82) is 0 Å². The van der Waals surface area contributed by atoms with Gasteiger partial charge in [-0.3, -0.25) is 4.40 Å². The van der Waals surface area contributed by atoms with Gasteiger partial charge in [0.25, 0.3) is 0 Å². The Hall–Kier alpha value is -3.85. The summed E-state index contributed by atoms with van der Waals surface area (Å²) in [6.07, 6.45) is 3.00. The van der Waals surface area contributed by atoms with E-state index < -0.39 is 0 Å². The normalized spacial score (nSPS) is 11.6. The molecule has 29 heavy (non-hydrogen) atoms. The number of para-hydroxylation sites is 2. The SMILES string of the molecule is c1ccc(Cc2c(-c3ccccc3)n3c4ccccc4nc3c3cccn23)cc1.